The van der Waals surface area contributed by atoms with Gasteiger partial charge < -0.3 is 5.32 Å². The van der Waals surface area contributed by atoms with Gasteiger partial charge in [0.05, 0.1) is 6.20 Å². The van der Waals surface area contributed by atoms with Crippen LogP contribution < -0.4 is 5.32 Å². The fourth-order valence-corrected chi connectivity index (χ4v) is 2.12. The highest BCUT2D eigenvalue weighted by Crippen LogP contribution is 2.23. The van der Waals surface area contributed by atoms with E-state index < -0.39 is 0 Å². The molecule has 0 saturated carbocycles. The number of aryl methyl sites for hydroxylation is 1. The summed E-state index contributed by atoms with van der Waals surface area (Å²) in [5.41, 5.74) is 1.68. The number of nitrogens with one attached hydrogen (secondary N) is 1. The standard InChI is InChI=1S/C13H15ClFN3/c1-16-13(5-9-7-17-18(2)8-9)11-4-3-10(14)6-12(11)15/h3-4,6-8,13,16H,5H2,1-2H3. The first-order valence-corrected chi connectivity index (χ1v) is 6.07. The van der Waals surface area contributed by atoms with E-state index in [1.54, 1.807) is 23.0 Å². The molecule has 0 bridgehead atoms. The summed E-state index contributed by atoms with van der Waals surface area (Å²) < 4.78 is 15.6. The second-order valence-electron chi connectivity index (χ2n) is 4.23. The molecule has 0 spiro atoms. The second kappa shape index (κ2) is 5.50. The molecule has 0 aliphatic heterocycles. The zero-order chi connectivity index (χ0) is 13.1. The average Bonchev–Trinajstić information content (AvgIpc) is 2.72. The van der Waals surface area contributed by atoms with Crippen molar-refractivity contribution in [1.82, 2.24) is 15.1 Å². The molecular formula is C13H15ClFN3. The second-order valence-corrected chi connectivity index (χ2v) is 4.67. The quantitative estimate of drug-likeness (QED) is 0.923. The predicted molar refractivity (Wildman–Crippen MR) is 70.1 cm³/mol. The van der Waals surface area contributed by atoms with Crippen molar-refractivity contribution in [2.45, 2.75) is 12.5 Å². The lowest BCUT2D eigenvalue weighted by atomic mass is 10.0. The Kier molecular flexibility index (Phi) is 3.99. The maximum Gasteiger partial charge on any atom is 0.129 e. The molecule has 0 radical (unpaired) electrons. The first-order chi connectivity index (χ1) is 8.60. The molecule has 2 rings (SSSR count). The minimum Gasteiger partial charge on any atom is -0.313 e. The van der Waals surface area contributed by atoms with Crippen LogP contribution in [0.25, 0.3) is 0 Å². The van der Waals surface area contributed by atoms with Crippen LogP contribution in [0.5, 0.6) is 0 Å². The first kappa shape index (κ1) is 13.1. The minimum atomic E-state index is -0.286. The normalized spacial score (nSPS) is 12.7. The monoisotopic (exact) mass is 267 g/mol. The molecule has 18 heavy (non-hydrogen) atoms. The molecule has 1 aromatic heterocycles. The molecule has 0 fully saturated rings. The van der Waals surface area contributed by atoms with Crippen molar-refractivity contribution in [1.29, 1.82) is 0 Å². The van der Waals surface area contributed by atoms with E-state index in [1.807, 2.05) is 20.3 Å². The highest BCUT2D eigenvalue weighted by atomic mass is 35.5. The Bertz CT molecular complexity index is 539. The van der Waals surface area contributed by atoms with E-state index in [4.69, 9.17) is 11.6 Å². The van der Waals surface area contributed by atoms with E-state index in [-0.39, 0.29) is 11.9 Å². The highest BCUT2D eigenvalue weighted by Gasteiger charge is 2.15. The van der Waals surface area contributed by atoms with Crippen LogP contribution in [-0.4, -0.2) is 16.8 Å². The SMILES string of the molecule is CNC(Cc1cnn(C)c1)c1ccc(Cl)cc1F. The van der Waals surface area contributed by atoms with Crippen LogP contribution in [0.2, 0.25) is 5.02 Å². The van der Waals surface area contributed by atoms with Crippen molar-refractivity contribution >= 4 is 11.6 Å². The van der Waals surface area contributed by atoms with Gasteiger partial charge in [-0.2, -0.15) is 5.10 Å². The molecule has 1 heterocycles. The summed E-state index contributed by atoms with van der Waals surface area (Å²) in [7, 11) is 3.68. The van der Waals surface area contributed by atoms with E-state index in [0.717, 1.165) is 5.56 Å². The number of likely N-dealkylation sites (N-methyl/N-ethyl adjacent to an activating group) is 1. The average molecular weight is 268 g/mol. The van der Waals surface area contributed by atoms with E-state index >= 15 is 0 Å². The van der Waals surface area contributed by atoms with Gasteiger partial charge >= 0.3 is 0 Å². The molecule has 3 nitrogen and oxygen atoms in total. The predicted octanol–water partition coefficient (Wildman–Crippen LogP) is 2.72. The fraction of sp³-hybridized carbons (Fsp3) is 0.308. The van der Waals surface area contributed by atoms with Gasteiger partial charge in [-0.1, -0.05) is 17.7 Å². The molecule has 0 saturated heterocycles. The fourth-order valence-electron chi connectivity index (χ4n) is 1.96. The Balaban J connectivity index is 2.22. The number of benzene rings is 1. The lowest BCUT2D eigenvalue weighted by molar-refractivity contribution is 0.534. The Morgan fingerprint density at radius 2 is 2.28 bits per heavy atom. The number of nitrogens with zero attached hydrogens (tertiary/aromatic N) is 2. The molecule has 2 aromatic rings. The molecule has 1 atom stereocenters. The lowest BCUT2D eigenvalue weighted by Crippen LogP contribution is -2.19. The van der Waals surface area contributed by atoms with Crippen molar-refractivity contribution in [3.63, 3.8) is 0 Å². The Labute approximate surface area is 111 Å². The van der Waals surface area contributed by atoms with Gasteiger partial charge in [0.2, 0.25) is 0 Å². The zero-order valence-corrected chi connectivity index (χ0v) is 11.1. The Hall–Kier alpha value is -1.39. The third-order valence-corrected chi connectivity index (χ3v) is 3.12. The molecule has 1 unspecified atom stereocenters. The summed E-state index contributed by atoms with van der Waals surface area (Å²) in [5.74, 6) is -0.286. The van der Waals surface area contributed by atoms with Crippen LogP contribution in [0, 0.1) is 5.82 Å². The highest BCUT2D eigenvalue weighted by molar-refractivity contribution is 6.30. The number of hydrogen-bond donors (Lipinski definition) is 1. The van der Waals surface area contributed by atoms with Gasteiger partial charge in [0.1, 0.15) is 5.82 Å². The maximum atomic E-state index is 13.9. The first-order valence-electron chi connectivity index (χ1n) is 5.70. The topological polar surface area (TPSA) is 29.9 Å². The summed E-state index contributed by atoms with van der Waals surface area (Å²) in [6, 6.07) is 4.67. The van der Waals surface area contributed by atoms with Crippen LogP contribution in [0.1, 0.15) is 17.2 Å². The largest absolute Gasteiger partial charge is 0.313 e. The summed E-state index contributed by atoms with van der Waals surface area (Å²) >= 11 is 5.75. The van der Waals surface area contributed by atoms with Crippen molar-refractivity contribution in [2.75, 3.05) is 7.05 Å². The van der Waals surface area contributed by atoms with Crippen LogP contribution in [0.15, 0.2) is 30.6 Å². The van der Waals surface area contributed by atoms with Gasteiger partial charge in [-0.3, -0.25) is 4.68 Å². The minimum absolute atomic E-state index is 0.0912. The van der Waals surface area contributed by atoms with E-state index in [2.05, 4.69) is 10.4 Å². The van der Waals surface area contributed by atoms with Crippen molar-refractivity contribution in [3.8, 4) is 0 Å². The molecule has 0 aliphatic carbocycles. The van der Waals surface area contributed by atoms with Crippen LogP contribution in [0.4, 0.5) is 4.39 Å². The Morgan fingerprint density at radius 1 is 1.50 bits per heavy atom. The molecule has 1 aromatic carbocycles. The van der Waals surface area contributed by atoms with Crippen LogP contribution in [-0.2, 0) is 13.5 Å². The smallest absolute Gasteiger partial charge is 0.129 e. The third kappa shape index (κ3) is 2.89. The van der Waals surface area contributed by atoms with Crippen molar-refractivity contribution in [3.05, 3.63) is 52.6 Å². The Morgan fingerprint density at radius 3 is 2.83 bits per heavy atom. The summed E-state index contributed by atoms with van der Waals surface area (Å²) in [4.78, 5) is 0. The molecular weight excluding hydrogens is 253 g/mol. The number of rotatable bonds is 4. The number of aromatic nitrogens is 2. The van der Waals surface area contributed by atoms with E-state index in [9.17, 15) is 4.39 Å². The van der Waals surface area contributed by atoms with E-state index in [1.165, 1.54) is 6.07 Å². The summed E-state index contributed by atoms with van der Waals surface area (Å²) in [5, 5.41) is 7.63. The summed E-state index contributed by atoms with van der Waals surface area (Å²) in [6.45, 7) is 0. The van der Waals surface area contributed by atoms with Crippen LogP contribution in [0.3, 0.4) is 0 Å². The molecule has 96 valence electrons. The zero-order valence-electron chi connectivity index (χ0n) is 10.3. The summed E-state index contributed by atoms with van der Waals surface area (Å²) in [6.07, 6.45) is 4.40. The van der Waals surface area contributed by atoms with Gasteiger partial charge in [0, 0.05) is 29.9 Å². The van der Waals surface area contributed by atoms with Gasteiger partial charge in [-0.25, -0.2) is 4.39 Å². The number of hydrogen-bond acceptors (Lipinski definition) is 2. The van der Waals surface area contributed by atoms with Gasteiger partial charge in [-0.15, -0.1) is 0 Å². The van der Waals surface area contributed by atoms with Crippen LogP contribution >= 0.6 is 11.6 Å². The lowest BCUT2D eigenvalue weighted by Gasteiger charge is -2.16. The van der Waals surface area contributed by atoms with Crippen molar-refractivity contribution in [2.24, 2.45) is 7.05 Å². The molecule has 5 heteroatoms. The van der Waals surface area contributed by atoms with Crippen molar-refractivity contribution < 1.29 is 4.39 Å². The van der Waals surface area contributed by atoms with Gasteiger partial charge in [0.15, 0.2) is 0 Å². The van der Waals surface area contributed by atoms with Gasteiger partial charge in [0.25, 0.3) is 0 Å². The van der Waals surface area contributed by atoms with E-state index in [0.29, 0.717) is 17.0 Å². The number of halogens is 2. The third-order valence-electron chi connectivity index (χ3n) is 2.88. The molecule has 0 amide bonds. The molecule has 0 aliphatic rings. The van der Waals surface area contributed by atoms with Gasteiger partial charge in [-0.05, 0) is 31.2 Å². The maximum absolute atomic E-state index is 13.9. The molecule has 1 N–H and O–H groups in total.